The molecule has 29 heavy (non-hydrogen) atoms. The molecule has 1 saturated carbocycles. The molecule has 1 saturated heterocycles. The second-order valence-corrected chi connectivity index (χ2v) is 12.2. The van der Waals surface area contributed by atoms with Gasteiger partial charge in [0.2, 0.25) is 0 Å². The summed E-state index contributed by atoms with van der Waals surface area (Å²) in [4.78, 5) is 2.95. The van der Waals surface area contributed by atoms with E-state index >= 15 is 0 Å². The van der Waals surface area contributed by atoms with Crippen molar-refractivity contribution in [1.29, 1.82) is 0 Å². The molecule has 1 heterocycles. The van der Waals surface area contributed by atoms with Crippen LogP contribution in [0.4, 0.5) is 0 Å². The third-order valence-corrected chi connectivity index (χ3v) is 9.76. The van der Waals surface area contributed by atoms with Gasteiger partial charge in [-0.1, -0.05) is 41.9 Å². The first-order valence-electron chi connectivity index (χ1n) is 10.6. The normalized spacial score (nSPS) is 24.9. The number of hydrogen-bond donors (Lipinski definition) is 0. The van der Waals surface area contributed by atoms with Gasteiger partial charge in [0, 0.05) is 17.6 Å². The number of likely N-dealkylation sites (tertiary alicyclic amines) is 1. The molecule has 156 valence electrons. The predicted octanol–water partition coefficient (Wildman–Crippen LogP) is 5.55. The molecule has 0 radical (unpaired) electrons. The van der Waals surface area contributed by atoms with Crippen molar-refractivity contribution in [1.82, 2.24) is 4.90 Å². The van der Waals surface area contributed by atoms with Crippen LogP contribution in [0.5, 0.6) is 0 Å². The minimum absolute atomic E-state index is 0.359. The van der Waals surface area contributed by atoms with Gasteiger partial charge in [-0.3, -0.25) is 0 Å². The lowest BCUT2D eigenvalue weighted by Crippen LogP contribution is -2.37. The summed E-state index contributed by atoms with van der Waals surface area (Å²) in [5.41, 5.74) is 1.48. The average Bonchev–Trinajstić information content (AvgIpc) is 3.29. The lowest BCUT2D eigenvalue weighted by molar-refractivity contribution is 0.194. The highest BCUT2D eigenvalue weighted by Crippen LogP contribution is 2.47. The van der Waals surface area contributed by atoms with Gasteiger partial charge in [0.1, 0.15) is 0 Å². The first-order chi connectivity index (χ1) is 13.8. The van der Waals surface area contributed by atoms with Gasteiger partial charge in [0.25, 0.3) is 0 Å². The van der Waals surface area contributed by atoms with Crippen LogP contribution >= 0.6 is 11.6 Å². The molecule has 3 nitrogen and oxygen atoms in total. The van der Waals surface area contributed by atoms with Crippen molar-refractivity contribution >= 4 is 21.4 Å². The highest BCUT2D eigenvalue weighted by atomic mass is 35.5. The zero-order valence-electron chi connectivity index (χ0n) is 17.2. The van der Waals surface area contributed by atoms with Gasteiger partial charge in [-0.2, -0.15) is 0 Å². The highest BCUT2D eigenvalue weighted by Gasteiger charge is 2.45. The molecular weight excluding hydrogens is 402 g/mol. The van der Waals surface area contributed by atoms with Crippen molar-refractivity contribution in [3.8, 4) is 0 Å². The molecule has 2 aliphatic rings. The minimum atomic E-state index is -3.38. The standard InChI is InChI=1S/C24H30ClNO2S/c1-24(2,29(27,28)22-11-9-20(25)10-12-22)13-6-14-26-17-19-15-21(26)16-23(19)18-7-4-3-5-8-18/h3-5,7-12,19,21,23H,6,13-17H2,1-2H3/t19?,21-,23-/m1/s1. The van der Waals surface area contributed by atoms with Crippen molar-refractivity contribution in [2.75, 3.05) is 13.1 Å². The topological polar surface area (TPSA) is 37.4 Å². The Kier molecular flexibility index (Phi) is 5.80. The maximum absolute atomic E-state index is 13.1. The third kappa shape index (κ3) is 4.12. The van der Waals surface area contributed by atoms with E-state index in [9.17, 15) is 8.42 Å². The Balaban J connectivity index is 1.32. The number of hydrogen-bond acceptors (Lipinski definition) is 3. The molecule has 2 fully saturated rings. The van der Waals surface area contributed by atoms with Crippen molar-refractivity contribution in [3.05, 3.63) is 65.2 Å². The molecule has 2 aromatic rings. The van der Waals surface area contributed by atoms with Crippen LogP contribution in [-0.2, 0) is 9.84 Å². The molecule has 5 heteroatoms. The van der Waals surface area contributed by atoms with E-state index in [4.69, 9.17) is 11.6 Å². The quantitative estimate of drug-likeness (QED) is 0.576. The summed E-state index contributed by atoms with van der Waals surface area (Å²) in [5, 5.41) is 0.555. The summed E-state index contributed by atoms with van der Waals surface area (Å²) in [6, 6.07) is 18.1. The Morgan fingerprint density at radius 1 is 1.03 bits per heavy atom. The molecular formula is C24H30ClNO2S. The summed E-state index contributed by atoms with van der Waals surface area (Å²) >= 11 is 5.91. The van der Waals surface area contributed by atoms with Gasteiger partial charge in [0.05, 0.1) is 9.64 Å². The van der Waals surface area contributed by atoms with Crippen LogP contribution in [0.1, 0.15) is 51.0 Å². The zero-order valence-corrected chi connectivity index (χ0v) is 18.8. The van der Waals surface area contributed by atoms with E-state index in [1.165, 1.54) is 18.4 Å². The van der Waals surface area contributed by atoms with Crippen LogP contribution in [0.3, 0.4) is 0 Å². The third-order valence-electron chi connectivity index (χ3n) is 6.96. The van der Waals surface area contributed by atoms with E-state index in [0.717, 1.165) is 25.4 Å². The molecule has 2 aromatic carbocycles. The van der Waals surface area contributed by atoms with Crippen molar-refractivity contribution in [2.24, 2.45) is 5.92 Å². The van der Waals surface area contributed by atoms with Crippen molar-refractivity contribution in [2.45, 2.75) is 61.1 Å². The highest BCUT2D eigenvalue weighted by molar-refractivity contribution is 7.92. The van der Waals surface area contributed by atoms with Crippen LogP contribution in [0.2, 0.25) is 5.02 Å². The molecule has 3 atom stereocenters. The lowest BCUT2D eigenvalue weighted by atomic mass is 9.87. The summed E-state index contributed by atoms with van der Waals surface area (Å²) in [6.07, 6.45) is 4.08. The summed E-state index contributed by atoms with van der Waals surface area (Å²) in [5.74, 6) is 1.44. The molecule has 0 aromatic heterocycles. The van der Waals surface area contributed by atoms with Gasteiger partial charge in [-0.05, 0) is 87.7 Å². The number of fused-ring (bicyclic) bond motifs is 2. The fourth-order valence-corrected chi connectivity index (χ4v) is 6.87. The second-order valence-electron chi connectivity index (χ2n) is 9.22. The number of sulfone groups is 1. The van der Waals surface area contributed by atoms with E-state index in [2.05, 4.69) is 35.2 Å². The number of rotatable bonds is 7. The molecule has 0 spiro atoms. The van der Waals surface area contributed by atoms with Gasteiger partial charge in [-0.25, -0.2) is 8.42 Å². The largest absolute Gasteiger partial charge is 0.300 e. The molecule has 1 aliphatic carbocycles. The Hall–Kier alpha value is -1.36. The lowest BCUT2D eigenvalue weighted by Gasteiger charge is -2.33. The number of nitrogens with zero attached hydrogens (tertiary/aromatic N) is 1. The monoisotopic (exact) mass is 431 g/mol. The smallest absolute Gasteiger partial charge is 0.183 e. The first kappa shape index (κ1) is 20.9. The van der Waals surface area contributed by atoms with Gasteiger partial charge in [-0.15, -0.1) is 0 Å². The van der Waals surface area contributed by atoms with Gasteiger partial charge < -0.3 is 4.90 Å². The Morgan fingerprint density at radius 3 is 2.34 bits per heavy atom. The van der Waals surface area contributed by atoms with Crippen molar-refractivity contribution < 1.29 is 8.42 Å². The number of halogens is 1. The Morgan fingerprint density at radius 2 is 1.72 bits per heavy atom. The van der Waals surface area contributed by atoms with Gasteiger partial charge in [0.15, 0.2) is 9.84 Å². The Bertz CT molecular complexity index is 941. The second kappa shape index (κ2) is 8.05. The molecule has 0 N–H and O–H groups in total. The summed E-state index contributed by atoms with van der Waals surface area (Å²) in [6.45, 7) is 5.83. The van der Waals surface area contributed by atoms with E-state index in [0.29, 0.717) is 28.3 Å². The fraction of sp³-hybridized carbons (Fsp3) is 0.500. The molecule has 4 rings (SSSR count). The predicted molar refractivity (Wildman–Crippen MR) is 119 cm³/mol. The maximum atomic E-state index is 13.1. The van der Waals surface area contributed by atoms with Crippen LogP contribution in [0, 0.1) is 5.92 Å². The van der Waals surface area contributed by atoms with Crippen molar-refractivity contribution in [3.63, 3.8) is 0 Å². The molecule has 1 unspecified atom stereocenters. The molecule has 0 amide bonds. The average molecular weight is 432 g/mol. The van der Waals surface area contributed by atoms with Crippen LogP contribution < -0.4 is 0 Å². The maximum Gasteiger partial charge on any atom is 0.183 e. The fourth-order valence-electron chi connectivity index (χ4n) is 5.20. The van der Waals surface area contributed by atoms with Crippen LogP contribution in [0.15, 0.2) is 59.5 Å². The number of benzene rings is 2. The van der Waals surface area contributed by atoms with E-state index in [1.54, 1.807) is 24.3 Å². The SMILES string of the molecule is CC(C)(CCCN1CC2C[C@@H]1C[C@@H]2c1ccccc1)S(=O)(=O)c1ccc(Cl)cc1. The zero-order chi connectivity index (χ0) is 20.6. The van der Waals surface area contributed by atoms with Crippen LogP contribution in [-0.4, -0.2) is 37.2 Å². The summed E-state index contributed by atoms with van der Waals surface area (Å²) < 4.78 is 25.3. The minimum Gasteiger partial charge on any atom is -0.300 e. The van der Waals surface area contributed by atoms with Gasteiger partial charge >= 0.3 is 0 Å². The van der Waals surface area contributed by atoms with Crippen LogP contribution in [0.25, 0.3) is 0 Å². The number of piperidine rings is 1. The van der Waals surface area contributed by atoms with E-state index < -0.39 is 14.6 Å². The molecule has 1 aliphatic heterocycles. The van der Waals surface area contributed by atoms with E-state index in [-0.39, 0.29) is 0 Å². The Labute approximate surface area is 180 Å². The molecule has 2 bridgehead atoms. The first-order valence-corrected chi connectivity index (χ1v) is 12.4. The summed E-state index contributed by atoms with van der Waals surface area (Å²) in [7, 11) is -3.38. The van der Waals surface area contributed by atoms with E-state index in [1.807, 2.05) is 13.8 Å².